The summed E-state index contributed by atoms with van der Waals surface area (Å²) < 4.78 is 13.3. The van der Waals surface area contributed by atoms with E-state index in [2.05, 4.69) is 29.1 Å². The lowest BCUT2D eigenvalue weighted by Gasteiger charge is -2.26. The van der Waals surface area contributed by atoms with E-state index in [0.29, 0.717) is 12.5 Å². The van der Waals surface area contributed by atoms with Gasteiger partial charge in [0.25, 0.3) is 0 Å². The Balaban J connectivity index is 1.85. The van der Waals surface area contributed by atoms with Crippen LogP contribution in [0.25, 0.3) is 0 Å². The molecule has 3 nitrogen and oxygen atoms in total. The summed E-state index contributed by atoms with van der Waals surface area (Å²) in [6.45, 7) is 5.17. The number of rotatable bonds is 3. The van der Waals surface area contributed by atoms with Gasteiger partial charge < -0.3 is 5.32 Å². The molecule has 1 aliphatic heterocycles. The molecule has 1 fully saturated rings. The van der Waals surface area contributed by atoms with Crippen LogP contribution in [-0.2, 0) is 6.42 Å². The van der Waals surface area contributed by atoms with Gasteiger partial charge >= 0.3 is 0 Å². The Labute approximate surface area is 131 Å². The first-order valence-corrected chi connectivity index (χ1v) is 7.95. The number of nitrogens with zero attached hydrogens (tertiary/aromatic N) is 2. The van der Waals surface area contributed by atoms with Gasteiger partial charge in [0.2, 0.25) is 0 Å². The third-order valence-electron chi connectivity index (χ3n) is 4.28. The molecule has 0 bridgehead atoms. The molecule has 0 saturated carbocycles. The van der Waals surface area contributed by atoms with E-state index in [1.807, 2.05) is 6.07 Å². The number of halogens is 1. The van der Waals surface area contributed by atoms with E-state index in [1.54, 1.807) is 12.1 Å². The smallest absolute Gasteiger partial charge is 0.133 e. The minimum atomic E-state index is -0.214. The standard InChI is InChI=1S/C18H22FN3/c1-12-18(16-8-3-4-9-20-16)13(2)22-17(21-12)11-14-6-5-7-15(19)10-14/h5-7,10,16,20H,3-4,8-9,11H2,1-2H3. The van der Waals surface area contributed by atoms with Gasteiger partial charge in [0.05, 0.1) is 0 Å². The van der Waals surface area contributed by atoms with Gasteiger partial charge in [-0.25, -0.2) is 14.4 Å². The topological polar surface area (TPSA) is 37.8 Å². The van der Waals surface area contributed by atoms with Crippen LogP contribution in [0.3, 0.4) is 0 Å². The van der Waals surface area contributed by atoms with Gasteiger partial charge in [-0.1, -0.05) is 18.6 Å². The Bertz CT molecular complexity index is 640. The predicted molar refractivity (Wildman–Crippen MR) is 85.3 cm³/mol. The molecule has 4 heteroatoms. The molecule has 0 radical (unpaired) electrons. The minimum Gasteiger partial charge on any atom is -0.310 e. The molecule has 1 N–H and O–H groups in total. The molecule has 1 saturated heterocycles. The van der Waals surface area contributed by atoms with E-state index in [0.717, 1.165) is 35.7 Å². The van der Waals surface area contributed by atoms with E-state index in [4.69, 9.17) is 0 Å². The van der Waals surface area contributed by atoms with Gasteiger partial charge in [0.15, 0.2) is 0 Å². The third kappa shape index (κ3) is 3.33. The maximum atomic E-state index is 13.3. The van der Waals surface area contributed by atoms with E-state index in [9.17, 15) is 4.39 Å². The summed E-state index contributed by atoms with van der Waals surface area (Å²) in [5.74, 6) is 0.550. The first-order chi connectivity index (χ1) is 10.6. The highest BCUT2D eigenvalue weighted by Gasteiger charge is 2.20. The quantitative estimate of drug-likeness (QED) is 0.940. The number of hydrogen-bond donors (Lipinski definition) is 1. The van der Waals surface area contributed by atoms with E-state index >= 15 is 0 Å². The first kappa shape index (κ1) is 15.1. The Hall–Kier alpha value is -1.81. The summed E-state index contributed by atoms with van der Waals surface area (Å²) in [6, 6.07) is 7.01. The van der Waals surface area contributed by atoms with Crippen molar-refractivity contribution >= 4 is 0 Å². The lowest BCUT2D eigenvalue weighted by Crippen LogP contribution is -2.28. The highest BCUT2D eigenvalue weighted by Crippen LogP contribution is 2.27. The monoisotopic (exact) mass is 299 g/mol. The van der Waals surface area contributed by atoms with Crippen molar-refractivity contribution in [2.24, 2.45) is 0 Å². The molecule has 1 unspecified atom stereocenters. The van der Waals surface area contributed by atoms with Crippen LogP contribution in [0.15, 0.2) is 24.3 Å². The predicted octanol–water partition coefficient (Wildman–Crippen LogP) is 3.64. The average Bonchev–Trinajstić information content (AvgIpc) is 2.47. The van der Waals surface area contributed by atoms with Crippen molar-refractivity contribution in [2.75, 3.05) is 6.54 Å². The molecular weight excluding hydrogens is 277 g/mol. The maximum Gasteiger partial charge on any atom is 0.133 e. The zero-order valence-corrected chi connectivity index (χ0v) is 13.2. The summed E-state index contributed by atoms with van der Waals surface area (Å²) in [7, 11) is 0. The van der Waals surface area contributed by atoms with Crippen LogP contribution in [0.5, 0.6) is 0 Å². The maximum absolute atomic E-state index is 13.3. The lowest BCUT2D eigenvalue weighted by atomic mass is 9.95. The molecule has 0 spiro atoms. The molecule has 3 rings (SSSR count). The van der Waals surface area contributed by atoms with Gasteiger partial charge in [0, 0.05) is 29.4 Å². The van der Waals surface area contributed by atoms with Crippen LogP contribution in [0, 0.1) is 19.7 Å². The van der Waals surface area contributed by atoms with Crippen molar-refractivity contribution in [3.63, 3.8) is 0 Å². The molecule has 0 amide bonds. The summed E-state index contributed by atoms with van der Waals surface area (Å²) in [5, 5.41) is 3.56. The number of aromatic nitrogens is 2. The third-order valence-corrected chi connectivity index (χ3v) is 4.28. The first-order valence-electron chi connectivity index (χ1n) is 7.95. The van der Waals surface area contributed by atoms with Gasteiger partial charge in [-0.2, -0.15) is 0 Å². The zero-order chi connectivity index (χ0) is 15.5. The van der Waals surface area contributed by atoms with Crippen LogP contribution >= 0.6 is 0 Å². The van der Waals surface area contributed by atoms with Crippen LogP contribution in [-0.4, -0.2) is 16.5 Å². The van der Waals surface area contributed by atoms with Crippen LogP contribution in [0.4, 0.5) is 4.39 Å². The van der Waals surface area contributed by atoms with Crippen molar-refractivity contribution in [2.45, 2.75) is 45.6 Å². The normalized spacial score (nSPS) is 18.4. The van der Waals surface area contributed by atoms with Gasteiger partial charge in [-0.05, 0) is 50.9 Å². The van der Waals surface area contributed by atoms with E-state index in [1.165, 1.54) is 24.5 Å². The molecule has 0 aliphatic carbocycles. The van der Waals surface area contributed by atoms with Crippen molar-refractivity contribution in [3.8, 4) is 0 Å². The number of piperidine rings is 1. The summed E-state index contributed by atoms with van der Waals surface area (Å²) in [5.41, 5.74) is 4.22. The molecule has 1 atom stereocenters. The molecule has 22 heavy (non-hydrogen) atoms. The molecule has 2 aromatic rings. The SMILES string of the molecule is Cc1nc(Cc2cccc(F)c2)nc(C)c1C1CCCCN1. The van der Waals surface area contributed by atoms with Gasteiger partial charge in [0.1, 0.15) is 11.6 Å². The Morgan fingerprint density at radius 1 is 1.18 bits per heavy atom. The van der Waals surface area contributed by atoms with E-state index < -0.39 is 0 Å². The second kappa shape index (κ2) is 6.53. The second-order valence-corrected chi connectivity index (χ2v) is 6.03. The molecule has 1 aromatic carbocycles. The average molecular weight is 299 g/mol. The largest absolute Gasteiger partial charge is 0.310 e. The zero-order valence-electron chi connectivity index (χ0n) is 13.2. The minimum absolute atomic E-state index is 0.214. The van der Waals surface area contributed by atoms with Crippen molar-refractivity contribution in [3.05, 3.63) is 58.4 Å². The highest BCUT2D eigenvalue weighted by atomic mass is 19.1. The summed E-state index contributed by atoms with van der Waals surface area (Å²) in [6.07, 6.45) is 4.21. The van der Waals surface area contributed by atoms with Crippen LogP contribution in [0.1, 0.15) is 53.6 Å². The lowest BCUT2D eigenvalue weighted by molar-refractivity contribution is 0.407. The van der Waals surface area contributed by atoms with Crippen molar-refractivity contribution in [1.29, 1.82) is 0 Å². The van der Waals surface area contributed by atoms with Crippen molar-refractivity contribution in [1.82, 2.24) is 15.3 Å². The highest BCUT2D eigenvalue weighted by molar-refractivity contribution is 5.30. The Kier molecular flexibility index (Phi) is 4.48. The molecule has 2 heterocycles. The number of nitrogens with one attached hydrogen (secondary N) is 1. The van der Waals surface area contributed by atoms with Crippen molar-refractivity contribution < 1.29 is 4.39 Å². The molecule has 1 aromatic heterocycles. The second-order valence-electron chi connectivity index (χ2n) is 6.03. The van der Waals surface area contributed by atoms with Crippen LogP contribution in [0.2, 0.25) is 0 Å². The van der Waals surface area contributed by atoms with Gasteiger partial charge in [-0.3, -0.25) is 0 Å². The van der Waals surface area contributed by atoms with Crippen LogP contribution < -0.4 is 5.32 Å². The molecule has 1 aliphatic rings. The fourth-order valence-electron chi connectivity index (χ4n) is 3.31. The number of benzene rings is 1. The number of hydrogen-bond acceptors (Lipinski definition) is 3. The summed E-state index contributed by atoms with van der Waals surface area (Å²) in [4.78, 5) is 9.32. The van der Waals surface area contributed by atoms with E-state index in [-0.39, 0.29) is 5.82 Å². The molecular formula is C18H22FN3. The fourth-order valence-corrected chi connectivity index (χ4v) is 3.31. The fraction of sp³-hybridized carbons (Fsp3) is 0.444. The summed E-state index contributed by atoms with van der Waals surface area (Å²) >= 11 is 0. The Morgan fingerprint density at radius 2 is 1.95 bits per heavy atom. The van der Waals surface area contributed by atoms with Gasteiger partial charge in [-0.15, -0.1) is 0 Å². The molecule has 116 valence electrons. The Morgan fingerprint density at radius 3 is 2.59 bits per heavy atom. The number of aryl methyl sites for hydroxylation is 2.